The number of Topliss-reactive ketones (excluding diaryl/α,β-unsaturated/α-hetero) is 1. The Labute approximate surface area is 213 Å². The third-order valence-electron chi connectivity index (χ3n) is 6.62. The van der Waals surface area contributed by atoms with E-state index in [0.29, 0.717) is 29.8 Å². The van der Waals surface area contributed by atoms with Crippen LogP contribution in [0, 0.1) is 5.82 Å². The molecule has 0 bridgehead atoms. The smallest absolute Gasteiger partial charge is 0.295 e. The minimum absolute atomic E-state index is 0.0191. The van der Waals surface area contributed by atoms with E-state index in [9.17, 15) is 19.1 Å². The van der Waals surface area contributed by atoms with Gasteiger partial charge in [-0.25, -0.2) is 4.39 Å². The molecule has 1 saturated heterocycles. The zero-order valence-electron chi connectivity index (χ0n) is 21.5. The molecule has 1 fully saturated rings. The largest absolute Gasteiger partial charge is 0.507 e. The van der Waals surface area contributed by atoms with Crippen molar-refractivity contribution in [2.45, 2.75) is 52.0 Å². The van der Waals surface area contributed by atoms with Gasteiger partial charge in [0.2, 0.25) is 0 Å². The van der Waals surface area contributed by atoms with E-state index in [1.807, 2.05) is 0 Å². The Kier molecular flexibility index (Phi) is 10.1. The number of ether oxygens (including phenoxy) is 1. The molecule has 2 aromatic carbocycles. The van der Waals surface area contributed by atoms with Crippen LogP contribution in [0.25, 0.3) is 5.76 Å². The molecule has 0 unspecified atom stereocenters. The highest BCUT2D eigenvalue weighted by Crippen LogP contribution is 2.39. The highest BCUT2D eigenvalue weighted by molar-refractivity contribution is 6.46. The van der Waals surface area contributed by atoms with Gasteiger partial charge in [0.15, 0.2) is 0 Å². The number of nitrogens with zero attached hydrogens (tertiary/aromatic N) is 2. The Balaban J connectivity index is 1.91. The number of halogens is 1. The maximum absolute atomic E-state index is 13.5. The van der Waals surface area contributed by atoms with Gasteiger partial charge >= 0.3 is 0 Å². The first kappa shape index (κ1) is 27.4. The first-order valence-electron chi connectivity index (χ1n) is 12.8. The number of benzene rings is 2. The Bertz CT molecular complexity index is 1040. The molecule has 6 nitrogen and oxygen atoms in total. The van der Waals surface area contributed by atoms with Crippen molar-refractivity contribution < 1.29 is 23.8 Å². The van der Waals surface area contributed by atoms with E-state index >= 15 is 0 Å². The summed E-state index contributed by atoms with van der Waals surface area (Å²) in [6.45, 7) is 7.59. The fraction of sp³-hybridized carbons (Fsp3) is 0.448. The summed E-state index contributed by atoms with van der Waals surface area (Å²) in [7, 11) is 1.57. The van der Waals surface area contributed by atoms with Crippen molar-refractivity contribution in [3.05, 3.63) is 71.0 Å². The molecule has 1 aliphatic heterocycles. The van der Waals surface area contributed by atoms with E-state index in [1.54, 1.807) is 36.3 Å². The molecule has 1 amide bonds. The van der Waals surface area contributed by atoms with E-state index in [2.05, 4.69) is 18.7 Å². The second kappa shape index (κ2) is 13.2. The van der Waals surface area contributed by atoms with Gasteiger partial charge in [0, 0.05) is 12.1 Å². The van der Waals surface area contributed by atoms with Crippen molar-refractivity contribution in [3.63, 3.8) is 0 Å². The summed E-state index contributed by atoms with van der Waals surface area (Å²) in [4.78, 5) is 30.3. The molecule has 0 spiro atoms. The van der Waals surface area contributed by atoms with Gasteiger partial charge in [0.1, 0.15) is 17.3 Å². The number of hydrogen-bond acceptors (Lipinski definition) is 5. The lowest BCUT2D eigenvalue weighted by Gasteiger charge is -2.27. The number of carbonyl (C=O) groups excluding carboxylic acids is 2. The maximum Gasteiger partial charge on any atom is 0.295 e. The van der Waals surface area contributed by atoms with Crippen LogP contribution in [0.15, 0.2) is 54.1 Å². The molecule has 1 heterocycles. The quantitative estimate of drug-likeness (QED) is 0.224. The summed E-state index contributed by atoms with van der Waals surface area (Å²) in [6, 6.07) is 11.6. The molecule has 3 rings (SSSR count). The third-order valence-corrected chi connectivity index (χ3v) is 6.62. The number of hydrogen-bond donors (Lipinski definition) is 1. The standard InChI is InChI=1S/C29H37FN2O4/c1-4-6-17-31(18-7-5-2)19-8-20-32-26(21-11-15-24(36-3)16-12-21)25(28(34)29(32)35)27(33)22-9-13-23(30)14-10-22/h9-16,26,33H,4-8,17-20H2,1-3H3/t26-/m1/s1. The van der Waals surface area contributed by atoms with Crippen LogP contribution in [0.4, 0.5) is 4.39 Å². The third kappa shape index (κ3) is 6.52. The highest BCUT2D eigenvalue weighted by Gasteiger charge is 2.45. The fourth-order valence-corrected chi connectivity index (χ4v) is 4.57. The minimum Gasteiger partial charge on any atom is -0.507 e. The molecule has 194 valence electrons. The maximum atomic E-state index is 13.5. The molecular weight excluding hydrogens is 459 g/mol. The average molecular weight is 497 g/mol. The predicted octanol–water partition coefficient (Wildman–Crippen LogP) is 5.55. The lowest BCUT2D eigenvalue weighted by molar-refractivity contribution is -0.140. The summed E-state index contributed by atoms with van der Waals surface area (Å²) in [6.07, 6.45) is 5.20. The minimum atomic E-state index is -0.735. The van der Waals surface area contributed by atoms with Gasteiger partial charge in [0.05, 0.1) is 18.7 Å². The summed E-state index contributed by atoms with van der Waals surface area (Å²) in [5.41, 5.74) is 1.01. The van der Waals surface area contributed by atoms with E-state index in [1.165, 1.54) is 24.3 Å². The van der Waals surface area contributed by atoms with Crippen LogP contribution in [0.1, 0.15) is 63.1 Å². The molecule has 0 saturated carbocycles. The Morgan fingerprint density at radius 2 is 1.53 bits per heavy atom. The number of rotatable bonds is 13. The molecule has 1 N–H and O–H groups in total. The Morgan fingerprint density at radius 3 is 2.08 bits per heavy atom. The van der Waals surface area contributed by atoms with Gasteiger partial charge in [-0.15, -0.1) is 0 Å². The lowest BCUT2D eigenvalue weighted by Crippen LogP contribution is -2.34. The van der Waals surface area contributed by atoms with Crippen LogP contribution in [0.2, 0.25) is 0 Å². The average Bonchev–Trinajstić information content (AvgIpc) is 3.15. The van der Waals surface area contributed by atoms with Gasteiger partial charge in [-0.3, -0.25) is 9.59 Å². The van der Waals surface area contributed by atoms with Crippen molar-refractivity contribution in [1.29, 1.82) is 0 Å². The van der Waals surface area contributed by atoms with Crippen LogP contribution in [-0.4, -0.2) is 59.9 Å². The second-order valence-electron chi connectivity index (χ2n) is 9.17. The van der Waals surface area contributed by atoms with Gasteiger partial charge in [0.25, 0.3) is 11.7 Å². The van der Waals surface area contributed by atoms with Gasteiger partial charge in [-0.1, -0.05) is 38.8 Å². The fourth-order valence-electron chi connectivity index (χ4n) is 4.57. The molecule has 1 aliphatic rings. The zero-order valence-corrected chi connectivity index (χ0v) is 21.5. The lowest BCUT2D eigenvalue weighted by atomic mass is 9.95. The molecule has 0 aliphatic carbocycles. The van der Waals surface area contributed by atoms with Gasteiger partial charge in [-0.05, 0) is 80.9 Å². The number of amides is 1. The van der Waals surface area contributed by atoms with Crippen molar-refractivity contribution in [2.24, 2.45) is 0 Å². The monoisotopic (exact) mass is 496 g/mol. The van der Waals surface area contributed by atoms with Gasteiger partial charge in [-0.2, -0.15) is 0 Å². The number of aliphatic hydroxyl groups is 1. The van der Waals surface area contributed by atoms with Crippen LogP contribution in [-0.2, 0) is 9.59 Å². The van der Waals surface area contributed by atoms with Crippen LogP contribution < -0.4 is 4.74 Å². The molecule has 7 heteroatoms. The topological polar surface area (TPSA) is 70.1 Å². The van der Waals surface area contributed by atoms with E-state index < -0.39 is 23.5 Å². The number of ketones is 1. The molecule has 0 radical (unpaired) electrons. The van der Waals surface area contributed by atoms with Crippen LogP contribution in [0.5, 0.6) is 5.75 Å². The zero-order chi connectivity index (χ0) is 26.1. The SMILES string of the molecule is CCCCN(CCCC)CCCN1C(=O)C(=O)C(=C(O)c2ccc(F)cc2)[C@H]1c1ccc(OC)cc1. The normalized spacial score (nSPS) is 17.2. The van der Waals surface area contributed by atoms with Crippen molar-refractivity contribution in [1.82, 2.24) is 9.80 Å². The second-order valence-corrected chi connectivity index (χ2v) is 9.17. The predicted molar refractivity (Wildman–Crippen MR) is 139 cm³/mol. The number of methoxy groups -OCH3 is 1. The van der Waals surface area contributed by atoms with Crippen molar-refractivity contribution >= 4 is 17.4 Å². The van der Waals surface area contributed by atoms with E-state index in [-0.39, 0.29) is 11.3 Å². The summed E-state index contributed by atoms with van der Waals surface area (Å²) in [5, 5.41) is 11.1. The number of likely N-dealkylation sites (tertiary alicyclic amines) is 1. The molecule has 0 aromatic heterocycles. The molecule has 1 atom stereocenters. The Hall–Kier alpha value is -3.19. The first-order valence-corrected chi connectivity index (χ1v) is 12.8. The highest BCUT2D eigenvalue weighted by atomic mass is 19.1. The van der Waals surface area contributed by atoms with E-state index in [0.717, 1.165) is 45.3 Å². The van der Waals surface area contributed by atoms with Crippen molar-refractivity contribution in [2.75, 3.05) is 33.3 Å². The summed E-state index contributed by atoms with van der Waals surface area (Å²) in [5.74, 6) is -1.46. The number of carbonyl (C=O) groups is 2. The van der Waals surface area contributed by atoms with Gasteiger partial charge < -0.3 is 19.6 Å². The van der Waals surface area contributed by atoms with E-state index in [4.69, 9.17) is 4.74 Å². The molecular formula is C29H37FN2O4. The summed E-state index contributed by atoms with van der Waals surface area (Å²) < 4.78 is 18.7. The number of unbranched alkanes of at least 4 members (excludes halogenated alkanes) is 2. The Morgan fingerprint density at radius 1 is 0.944 bits per heavy atom. The summed E-state index contributed by atoms with van der Waals surface area (Å²) >= 11 is 0. The van der Waals surface area contributed by atoms with Crippen LogP contribution in [0.3, 0.4) is 0 Å². The first-order chi connectivity index (χ1) is 17.4. The molecule has 2 aromatic rings. The van der Waals surface area contributed by atoms with Crippen LogP contribution >= 0.6 is 0 Å². The number of aliphatic hydroxyl groups excluding tert-OH is 1. The van der Waals surface area contributed by atoms with Crippen molar-refractivity contribution in [3.8, 4) is 5.75 Å². The molecule has 36 heavy (non-hydrogen) atoms.